The number of nitrogens with one attached hydrogen (secondary N) is 2. The zero-order valence-corrected chi connectivity index (χ0v) is 16.0. The topological polar surface area (TPSA) is 88.7 Å². The van der Waals surface area contributed by atoms with Crippen LogP contribution < -0.4 is 5.32 Å². The summed E-state index contributed by atoms with van der Waals surface area (Å²) in [6.07, 6.45) is 4.52. The number of aromatic nitrogens is 4. The van der Waals surface area contributed by atoms with E-state index in [4.69, 9.17) is 28.2 Å². The first kappa shape index (κ1) is 17.9. The van der Waals surface area contributed by atoms with Gasteiger partial charge in [0.1, 0.15) is 0 Å². The van der Waals surface area contributed by atoms with Gasteiger partial charge >= 0.3 is 0 Å². The summed E-state index contributed by atoms with van der Waals surface area (Å²) in [5.41, 5.74) is 0.783. The number of carbonyl (C=O) groups is 1. The third-order valence-corrected chi connectivity index (χ3v) is 5.01. The summed E-state index contributed by atoms with van der Waals surface area (Å²) in [4.78, 5) is 16.4. The van der Waals surface area contributed by atoms with Gasteiger partial charge in [-0.15, -0.1) is 0 Å². The molecule has 1 amide bonds. The number of hydrogen-bond acceptors (Lipinski definition) is 5. The maximum Gasteiger partial charge on any atom is 0.220 e. The van der Waals surface area contributed by atoms with Crippen LogP contribution in [0, 0.1) is 4.77 Å². The highest BCUT2D eigenvalue weighted by Gasteiger charge is 2.27. The molecule has 2 heterocycles. The van der Waals surface area contributed by atoms with Crippen molar-refractivity contribution in [2.75, 3.05) is 0 Å². The molecule has 7 nitrogen and oxygen atoms in total. The van der Waals surface area contributed by atoms with Crippen LogP contribution in [-0.4, -0.2) is 25.7 Å². The van der Waals surface area contributed by atoms with Gasteiger partial charge in [-0.05, 0) is 37.2 Å². The van der Waals surface area contributed by atoms with Gasteiger partial charge in [-0.3, -0.25) is 14.5 Å². The average molecular weight is 404 g/mol. The van der Waals surface area contributed by atoms with Gasteiger partial charge in [0.15, 0.2) is 22.2 Å². The van der Waals surface area contributed by atoms with Crippen LogP contribution in [-0.2, 0) is 17.8 Å². The van der Waals surface area contributed by atoms with E-state index in [9.17, 15) is 4.79 Å². The SMILES string of the molecule is O=C(CCc1ncc(-c2ccccc2Cl)o1)NCc1n[nH]c(=S)n1C1CC1. The molecule has 0 saturated heterocycles. The van der Waals surface area contributed by atoms with Crippen molar-refractivity contribution in [2.45, 2.75) is 38.3 Å². The Balaban J connectivity index is 1.31. The fourth-order valence-electron chi connectivity index (χ4n) is 2.87. The van der Waals surface area contributed by atoms with Crippen LogP contribution >= 0.6 is 23.8 Å². The Morgan fingerprint density at radius 3 is 3.00 bits per heavy atom. The smallest absolute Gasteiger partial charge is 0.220 e. The number of halogens is 1. The summed E-state index contributed by atoms with van der Waals surface area (Å²) in [6.45, 7) is 0.346. The molecular weight excluding hydrogens is 386 g/mol. The molecule has 1 aliphatic carbocycles. The predicted octanol–water partition coefficient (Wildman–Crippen LogP) is 3.83. The number of carbonyl (C=O) groups excluding carboxylic acids is 1. The molecule has 0 spiro atoms. The Morgan fingerprint density at radius 1 is 1.41 bits per heavy atom. The summed E-state index contributed by atoms with van der Waals surface area (Å²) < 4.78 is 8.31. The zero-order chi connectivity index (χ0) is 18.8. The van der Waals surface area contributed by atoms with E-state index in [1.54, 1.807) is 12.3 Å². The Kier molecular flexibility index (Phi) is 5.09. The van der Waals surface area contributed by atoms with Gasteiger partial charge in [0.2, 0.25) is 5.91 Å². The van der Waals surface area contributed by atoms with Gasteiger partial charge in [0, 0.05) is 24.4 Å². The molecule has 1 aliphatic rings. The van der Waals surface area contributed by atoms with Crippen molar-refractivity contribution in [1.82, 2.24) is 25.1 Å². The number of amides is 1. The number of benzene rings is 1. The maximum absolute atomic E-state index is 12.1. The van der Waals surface area contributed by atoms with Crippen molar-refractivity contribution in [3.63, 3.8) is 0 Å². The van der Waals surface area contributed by atoms with E-state index in [-0.39, 0.29) is 12.3 Å². The summed E-state index contributed by atoms with van der Waals surface area (Å²) in [5.74, 6) is 1.76. The van der Waals surface area contributed by atoms with Crippen LogP contribution in [0.1, 0.15) is 37.0 Å². The van der Waals surface area contributed by atoms with E-state index in [1.165, 1.54) is 0 Å². The molecule has 0 radical (unpaired) electrons. The molecule has 1 saturated carbocycles. The second-order valence-electron chi connectivity index (χ2n) is 6.42. The zero-order valence-electron chi connectivity index (χ0n) is 14.4. The molecule has 140 valence electrons. The molecule has 1 fully saturated rings. The van der Waals surface area contributed by atoms with Gasteiger partial charge in [-0.25, -0.2) is 4.98 Å². The summed E-state index contributed by atoms with van der Waals surface area (Å²) in [6, 6.07) is 7.82. The predicted molar refractivity (Wildman–Crippen MR) is 103 cm³/mol. The van der Waals surface area contributed by atoms with E-state index in [1.807, 2.05) is 22.8 Å². The van der Waals surface area contributed by atoms with Crippen molar-refractivity contribution in [3.8, 4) is 11.3 Å². The number of nitrogens with zero attached hydrogens (tertiary/aromatic N) is 3. The molecule has 4 rings (SSSR count). The van der Waals surface area contributed by atoms with Crippen molar-refractivity contribution in [2.24, 2.45) is 0 Å². The van der Waals surface area contributed by atoms with Gasteiger partial charge in [-0.2, -0.15) is 5.10 Å². The Labute approximate surface area is 165 Å². The van der Waals surface area contributed by atoms with Crippen LogP contribution in [0.2, 0.25) is 5.02 Å². The highest BCUT2D eigenvalue weighted by molar-refractivity contribution is 7.71. The molecule has 9 heteroatoms. The number of H-pyrrole nitrogens is 1. The van der Waals surface area contributed by atoms with E-state index in [2.05, 4.69) is 20.5 Å². The second kappa shape index (κ2) is 7.66. The van der Waals surface area contributed by atoms with E-state index < -0.39 is 0 Å². The van der Waals surface area contributed by atoms with Crippen molar-refractivity contribution in [3.05, 3.63) is 52.0 Å². The summed E-state index contributed by atoms with van der Waals surface area (Å²) >= 11 is 11.4. The third-order valence-electron chi connectivity index (χ3n) is 4.39. The largest absolute Gasteiger partial charge is 0.441 e. The number of rotatable bonds is 7. The van der Waals surface area contributed by atoms with Crippen LogP contribution in [0.3, 0.4) is 0 Å². The monoisotopic (exact) mass is 403 g/mol. The molecule has 0 aliphatic heterocycles. The highest BCUT2D eigenvalue weighted by Crippen LogP contribution is 2.35. The Morgan fingerprint density at radius 2 is 2.22 bits per heavy atom. The van der Waals surface area contributed by atoms with Crippen LogP contribution in [0.15, 0.2) is 34.9 Å². The first-order valence-electron chi connectivity index (χ1n) is 8.74. The summed E-state index contributed by atoms with van der Waals surface area (Å²) in [5, 5.41) is 10.5. The quantitative estimate of drug-likeness (QED) is 0.585. The molecule has 0 bridgehead atoms. The maximum atomic E-state index is 12.1. The van der Waals surface area contributed by atoms with Gasteiger partial charge < -0.3 is 9.73 Å². The third kappa shape index (κ3) is 4.12. The molecule has 2 N–H and O–H groups in total. The minimum atomic E-state index is -0.0937. The van der Waals surface area contributed by atoms with Crippen LogP contribution in [0.5, 0.6) is 0 Å². The molecule has 27 heavy (non-hydrogen) atoms. The normalized spacial score (nSPS) is 13.7. The lowest BCUT2D eigenvalue weighted by Gasteiger charge is -2.06. The Bertz CT molecular complexity index is 1020. The lowest BCUT2D eigenvalue weighted by atomic mass is 10.2. The second-order valence-corrected chi connectivity index (χ2v) is 7.21. The first-order chi connectivity index (χ1) is 13.1. The van der Waals surface area contributed by atoms with Gasteiger partial charge in [-0.1, -0.05) is 23.7 Å². The first-order valence-corrected chi connectivity index (χ1v) is 9.52. The van der Waals surface area contributed by atoms with Crippen LogP contribution in [0.25, 0.3) is 11.3 Å². The van der Waals surface area contributed by atoms with E-state index in [0.29, 0.717) is 40.5 Å². The molecule has 2 aromatic heterocycles. The minimum Gasteiger partial charge on any atom is -0.441 e. The molecular formula is C18H18ClN5O2S. The van der Waals surface area contributed by atoms with Gasteiger partial charge in [0.05, 0.1) is 17.8 Å². The lowest BCUT2D eigenvalue weighted by molar-refractivity contribution is -0.121. The highest BCUT2D eigenvalue weighted by atomic mass is 35.5. The number of aryl methyl sites for hydroxylation is 1. The standard InChI is InChI=1S/C18H18ClN5O2S/c19-13-4-2-1-3-12(13)14-9-21-17(26-14)8-7-16(25)20-10-15-22-23-18(27)24(15)11-5-6-11/h1-4,9,11H,5-8,10H2,(H,20,25)(H,23,27). The molecule has 3 aromatic rings. The number of aromatic amines is 1. The van der Waals surface area contributed by atoms with E-state index >= 15 is 0 Å². The fourth-order valence-corrected chi connectivity index (χ4v) is 3.40. The fraction of sp³-hybridized carbons (Fsp3) is 0.333. The molecule has 0 unspecified atom stereocenters. The van der Waals surface area contributed by atoms with Crippen molar-refractivity contribution < 1.29 is 9.21 Å². The van der Waals surface area contributed by atoms with Crippen LogP contribution in [0.4, 0.5) is 0 Å². The number of hydrogen-bond donors (Lipinski definition) is 2. The minimum absolute atomic E-state index is 0.0937. The Hall–Kier alpha value is -2.45. The average Bonchev–Trinajstić information content (AvgIpc) is 3.26. The lowest BCUT2D eigenvalue weighted by Crippen LogP contribution is -2.25. The number of oxazole rings is 1. The van der Waals surface area contributed by atoms with Gasteiger partial charge in [0.25, 0.3) is 0 Å². The van der Waals surface area contributed by atoms with Crippen molar-refractivity contribution in [1.29, 1.82) is 0 Å². The van der Waals surface area contributed by atoms with E-state index in [0.717, 1.165) is 24.2 Å². The molecule has 1 aromatic carbocycles. The van der Waals surface area contributed by atoms with Crippen molar-refractivity contribution >= 4 is 29.7 Å². The molecule has 0 atom stereocenters. The summed E-state index contributed by atoms with van der Waals surface area (Å²) in [7, 11) is 0.